The van der Waals surface area contributed by atoms with Gasteiger partial charge < -0.3 is 10.2 Å². The number of fused-ring (bicyclic) bond motifs is 1. The van der Waals surface area contributed by atoms with E-state index in [9.17, 15) is 13.2 Å². The van der Waals surface area contributed by atoms with E-state index >= 15 is 0 Å². The van der Waals surface area contributed by atoms with Crippen LogP contribution in [0.1, 0.15) is 46.6 Å². The number of carbonyl (C=O) groups is 1. The maximum atomic E-state index is 12.4. The number of nitrogens with one attached hydrogen (secondary N) is 1. The first-order valence-electron chi connectivity index (χ1n) is 8.27. The number of rotatable bonds is 4. The lowest BCUT2D eigenvalue weighted by atomic mass is 9.82. The van der Waals surface area contributed by atoms with Crippen molar-refractivity contribution in [1.82, 2.24) is 10.2 Å². The lowest BCUT2D eigenvalue weighted by Gasteiger charge is -2.34. The first kappa shape index (κ1) is 19.4. The molecule has 0 radical (unpaired) electrons. The summed E-state index contributed by atoms with van der Waals surface area (Å²) >= 11 is 0. The van der Waals surface area contributed by atoms with Crippen LogP contribution in [0.5, 0.6) is 0 Å². The van der Waals surface area contributed by atoms with Crippen molar-refractivity contribution in [1.29, 1.82) is 0 Å². The van der Waals surface area contributed by atoms with Crippen LogP contribution in [0.2, 0.25) is 0 Å². The number of amides is 1. The van der Waals surface area contributed by atoms with Gasteiger partial charge in [-0.25, -0.2) is 0 Å². The third-order valence-electron chi connectivity index (χ3n) is 3.80. The van der Waals surface area contributed by atoms with Crippen molar-refractivity contribution in [3.8, 4) is 0 Å². The van der Waals surface area contributed by atoms with Crippen molar-refractivity contribution in [3.05, 3.63) is 29.8 Å². The lowest BCUT2D eigenvalue weighted by molar-refractivity contribution is -0.123. The molecule has 1 N–H and O–H groups in total. The van der Waals surface area contributed by atoms with Gasteiger partial charge in [0.25, 0.3) is 10.0 Å². The fraction of sp³-hybridized carbons (Fsp3) is 0.556. The molecule has 0 saturated carbocycles. The fourth-order valence-corrected chi connectivity index (χ4v) is 4.69. The van der Waals surface area contributed by atoms with Gasteiger partial charge in [-0.15, -0.1) is 4.40 Å². The molecule has 0 aromatic heterocycles. The Bertz CT molecular complexity index is 805. The number of nitrogens with zero attached hydrogens (tertiary/aromatic N) is 2. The van der Waals surface area contributed by atoms with E-state index in [0.717, 1.165) is 6.42 Å². The van der Waals surface area contributed by atoms with Gasteiger partial charge in [0.1, 0.15) is 4.90 Å². The number of sulfonamides is 1. The first-order chi connectivity index (χ1) is 11.3. The predicted octanol–water partition coefficient (Wildman–Crippen LogP) is 2.40. The summed E-state index contributed by atoms with van der Waals surface area (Å²) in [6.45, 7) is 10.4. The van der Waals surface area contributed by atoms with Crippen molar-refractivity contribution >= 4 is 21.8 Å². The monoisotopic (exact) mass is 365 g/mol. The first-order valence-corrected chi connectivity index (χ1v) is 9.71. The third-order valence-corrected chi connectivity index (χ3v) is 5.13. The van der Waals surface area contributed by atoms with Gasteiger partial charge in [0, 0.05) is 18.2 Å². The minimum atomic E-state index is -3.68. The molecule has 25 heavy (non-hydrogen) atoms. The second-order valence-corrected chi connectivity index (χ2v) is 9.98. The van der Waals surface area contributed by atoms with Gasteiger partial charge in [-0.1, -0.05) is 32.9 Å². The normalized spacial score (nSPS) is 16.2. The molecule has 1 amide bonds. The summed E-state index contributed by atoms with van der Waals surface area (Å²) in [7, 11) is -2.01. The molecule has 138 valence electrons. The van der Waals surface area contributed by atoms with E-state index in [1.165, 1.54) is 6.07 Å². The van der Waals surface area contributed by atoms with Crippen molar-refractivity contribution in [2.45, 2.75) is 51.5 Å². The molecule has 1 aliphatic heterocycles. The van der Waals surface area contributed by atoms with Crippen LogP contribution in [0.4, 0.5) is 0 Å². The molecule has 0 unspecified atom stereocenters. The Labute approximate surface area is 150 Å². The summed E-state index contributed by atoms with van der Waals surface area (Å²) in [5.41, 5.74) is 0.273. The molecule has 0 aliphatic carbocycles. The smallest absolute Gasteiger partial charge is 0.285 e. The molecule has 1 aromatic carbocycles. The lowest BCUT2D eigenvalue weighted by Crippen LogP contribution is -2.49. The van der Waals surface area contributed by atoms with Gasteiger partial charge in [-0.3, -0.25) is 4.79 Å². The Morgan fingerprint density at radius 1 is 1.16 bits per heavy atom. The highest BCUT2D eigenvalue weighted by molar-refractivity contribution is 7.90. The Balaban J connectivity index is 2.11. The predicted molar refractivity (Wildman–Crippen MR) is 99.1 cm³/mol. The maximum absolute atomic E-state index is 12.4. The highest BCUT2D eigenvalue weighted by atomic mass is 32.2. The molecule has 0 fully saturated rings. The van der Waals surface area contributed by atoms with Crippen LogP contribution >= 0.6 is 0 Å². The molecular weight excluding hydrogens is 338 g/mol. The SMILES string of the molecule is CN(CC(=O)NC(C)(C)CC(C)(C)C)C1=NS(=O)(=O)c2ccccc21. The van der Waals surface area contributed by atoms with E-state index in [4.69, 9.17) is 0 Å². The van der Waals surface area contributed by atoms with Gasteiger partial charge >= 0.3 is 0 Å². The summed E-state index contributed by atoms with van der Waals surface area (Å²) in [6.07, 6.45) is 0.827. The standard InChI is InChI=1S/C18H27N3O3S/c1-17(2,3)12-18(4,5)19-15(22)11-21(6)16-13-9-7-8-10-14(13)25(23,24)20-16/h7-10H,11-12H2,1-6H3,(H,19,22). The number of likely N-dealkylation sites (N-methyl/N-ethyl adjacent to an activating group) is 1. The number of amidine groups is 1. The van der Waals surface area contributed by atoms with Crippen molar-refractivity contribution < 1.29 is 13.2 Å². The number of hydrogen-bond donors (Lipinski definition) is 1. The Kier molecular flexibility index (Phi) is 5.01. The zero-order valence-electron chi connectivity index (χ0n) is 15.8. The molecule has 1 aromatic rings. The van der Waals surface area contributed by atoms with Crippen LogP contribution in [0.25, 0.3) is 0 Å². The average Bonchev–Trinajstić information content (AvgIpc) is 2.68. The fourth-order valence-electron chi connectivity index (χ4n) is 3.44. The molecule has 1 heterocycles. The second kappa shape index (κ2) is 6.44. The zero-order valence-corrected chi connectivity index (χ0v) is 16.6. The van der Waals surface area contributed by atoms with E-state index in [2.05, 4.69) is 30.5 Å². The van der Waals surface area contributed by atoms with Gasteiger partial charge in [0.15, 0.2) is 5.84 Å². The molecule has 2 rings (SSSR count). The van der Waals surface area contributed by atoms with Gasteiger partial charge in [-0.05, 0) is 37.8 Å². The molecule has 6 nitrogen and oxygen atoms in total. The number of carbonyl (C=O) groups excluding carboxylic acids is 1. The van der Waals surface area contributed by atoms with Gasteiger partial charge in [0.2, 0.25) is 5.91 Å². The largest absolute Gasteiger partial charge is 0.350 e. The average molecular weight is 365 g/mol. The summed E-state index contributed by atoms with van der Waals surface area (Å²) in [4.78, 5) is 14.2. The van der Waals surface area contributed by atoms with E-state index in [1.807, 2.05) is 13.8 Å². The van der Waals surface area contributed by atoms with E-state index in [-0.39, 0.29) is 28.3 Å². The summed E-state index contributed by atoms with van der Waals surface area (Å²) < 4.78 is 28.1. The van der Waals surface area contributed by atoms with E-state index < -0.39 is 10.0 Å². The van der Waals surface area contributed by atoms with Crippen LogP contribution in [-0.4, -0.2) is 44.2 Å². The Morgan fingerprint density at radius 2 is 1.76 bits per heavy atom. The van der Waals surface area contributed by atoms with Crippen LogP contribution in [-0.2, 0) is 14.8 Å². The number of hydrogen-bond acceptors (Lipinski definition) is 4. The molecule has 0 saturated heterocycles. The van der Waals surface area contributed by atoms with Crippen molar-refractivity contribution in [2.24, 2.45) is 9.81 Å². The minimum Gasteiger partial charge on any atom is -0.350 e. The Morgan fingerprint density at radius 3 is 2.36 bits per heavy atom. The summed E-state index contributed by atoms with van der Waals surface area (Å²) in [5.74, 6) is 0.139. The second-order valence-electron chi connectivity index (χ2n) is 8.41. The molecule has 0 bridgehead atoms. The Hall–Kier alpha value is -1.89. The highest BCUT2D eigenvalue weighted by Crippen LogP contribution is 2.28. The molecule has 0 atom stereocenters. The van der Waals surface area contributed by atoms with E-state index in [1.54, 1.807) is 30.1 Å². The summed E-state index contributed by atoms with van der Waals surface area (Å²) in [5, 5.41) is 3.03. The van der Waals surface area contributed by atoms with Crippen molar-refractivity contribution in [3.63, 3.8) is 0 Å². The highest BCUT2D eigenvalue weighted by Gasteiger charge is 2.32. The summed E-state index contributed by atoms with van der Waals surface area (Å²) in [6, 6.07) is 6.66. The van der Waals surface area contributed by atoms with Crippen LogP contribution in [0.3, 0.4) is 0 Å². The van der Waals surface area contributed by atoms with E-state index in [0.29, 0.717) is 11.4 Å². The third kappa shape index (κ3) is 4.81. The van der Waals surface area contributed by atoms with Crippen LogP contribution in [0.15, 0.2) is 33.6 Å². The topological polar surface area (TPSA) is 78.8 Å². The molecular formula is C18H27N3O3S. The van der Waals surface area contributed by atoms with Gasteiger partial charge in [0.05, 0.1) is 6.54 Å². The molecule has 7 heteroatoms. The van der Waals surface area contributed by atoms with Crippen LogP contribution in [0, 0.1) is 5.41 Å². The molecule has 0 spiro atoms. The minimum absolute atomic E-state index is 0.0380. The molecule has 1 aliphatic rings. The van der Waals surface area contributed by atoms with Crippen molar-refractivity contribution in [2.75, 3.05) is 13.6 Å². The number of benzene rings is 1. The maximum Gasteiger partial charge on any atom is 0.285 e. The van der Waals surface area contributed by atoms with Gasteiger partial charge in [-0.2, -0.15) is 8.42 Å². The van der Waals surface area contributed by atoms with Crippen LogP contribution < -0.4 is 5.32 Å². The quantitative estimate of drug-likeness (QED) is 0.889. The zero-order chi connectivity index (χ0) is 19.0.